The van der Waals surface area contributed by atoms with Crippen molar-refractivity contribution in [3.05, 3.63) is 111 Å². The summed E-state index contributed by atoms with van der Waals surface area (Å²) in [6.45, 7) is 1.14. The number of anilines is 1. The molecule has 1 amide bonds. The number of carbonyl (C=O) groups is 1. The number of hydrogen-bond acceptors (Lipinski definition) is 10. The highest BCUT2D eigenvalue weighted by Gasteiger charge is 2.44. The van der Waals surface area contributed by atoms with Gasteiger partial charge in [-0.1, -0.05) is 18.2 Å². The van der Waals surface area contributed by atoms with Gasteiger partial charge in [-0.2, -0.15) is 0 Å². The van der Waals surface area contributed by atoms with Crippen LogP contribution in [0, 0.1) is 11.6 Å². The van der Waals surface area contributed by atoms with Crippen molar-refractivity contribution >= 4 is 33.1 Å². The van der Waals surface area contributed by atoms with Crippen LogP contribution in [0.1, 0.15) is 56.9 Å². The molecule has 1 aliphatic carbocycles. The summed E-state index contributed by atoms with van der Waals surface area (Å²) in [6.07, 6.45) is 4.02. The lowest BCUT2D eigenvalue weighted by Crippen LogP contribution is -2.38. The second kappa shape index (κ2) is 12.4. The van der Waals surface area contributed by atoms with Crippen molar-refractivity contribution < 1.29 is 27.5 Å². The van der Waals surface area contributed by atoms with Gasteiger partial charge in [-0.3, -0.25) is 9.78 Å². The van der Waals surface area contributed by atoms with Gasteiger partial charge in [-0.05, 0) is 72.5 Å². The number of benzene rings is 2. The maximum Gasteiger partial charge on any atom is 0.434 e. The summed E-state index contributed by atoms with van der Waals surface area (Å²) in [7, 11) is 1.48. The first-order chi connectivity index (χ1) is 24.9. The number of H-pyrrole nitrogens is 1. The Morgan fingerprint density at radius 3 is 2.75 bits per heavy atom. The van der Waals surface area contributed by atoms with Crippen LogP contribution in [-0.2, 0) is 24.0 Å². The Hall–Kier alpha value is -5.47. The molecule has 2 aromatic carbocycles. The molecule has 0 spiro atoms. The van der Waals surface area contributed by atoms with Crippen molar-refractivity contribution in [2.45, 2.75) is 37.8 Å². The van der Waals surface area contributed by atoms with Crippen molar-refractivity contribution in [1.29, 1.82) is 0 Å². The fraction of sp³-hybridized carbons (Fsp3) is 0.270. The number of pyridine rings is 2. The van der Waals surface area contributed by atoms with E-state index in [0.717, 1.165) is 38.1 Å². The van der Waals surface area contributed by atoms with Gasteiger partial charge in [0.2, 0.25) is 0 Å². The van der Waals surface area contributed by atoms with Crippen LogP contribution in [0.3, 0.4) is 0 Å². The first-order valence-electron chi connectivity index (χ1n) is 16.6. The molecule has 0 saturated carbocycles. The fourth-order valence-electron chi connectivity index (χ4n) is 7.61. The zero-order valence-corrected chi connectivity index (χ0v) is 28.1. The molecule has 3 aliphatic rings. The molecule has 11 nitrogen and oxygen atoms in total. The number of fused-ring (bicyclic) bond motifs is 5. The van der Waals surface area contributed by atoms with Crippen molar-refractivity contribution in [3.63, 3.8) is 0 Å². The van der Waals surface area contributed by atoms with E-state index in [1.165, 1.54) is 36.6 Å². The maximum absolute atomic E-state index is 14.5. The van der Waals surface area contributed by atoms with Crippen molar-refractivity contribution in [2.75, 3.05) is 32.2 Å². The van der Waals surface area contributed by atoms with Crippen molar-refractivity contribution in [1.82, 2.24) is 25.1 Å². The van der Waals surface area contributed by atoms with Crippen LogP contribution in [0.4, 0.5) is 14.6 Å². The van der Waals surface area contributed by atoms with E-state index in [4.69, 9.17) is 23.9 Å². The molecule has 51 heavy (non-hydrogen) atoms. The van der Waals surface area contributed by atoms with Gasteiger partial charge in [-0.15, -0.1) is 16.4 Å². The largest absolute Gasteiger partial charge is 0.493 e. The molecule has 14 heteroatoms. The molecule has 4 aromatic heterocycles. The molecule has 9 rings (SSSR count). The summed E-state index contributed by atoms with van der Waals surface area (Å²) in [5.74, 6) is -0.690. The molecule has 1 saturated heterocycles. The summed E-state index contributed by atoms with van der Waals surface area (Å²) in [5.41, 5.74) is 5.32. The summed E-state index contributed by atoms with van der Waals surface area (Å²) in [4.78, 5) is 38.9. The van der Waals surface area contributed by atoms with E-state index in [-0.39, 0.29) is 41.3 Å². The second-order valence-corrected chi connectivity index (χ2v) is 13.8. The Morgan fingerprint density at radius 1 is 1.08 bits per heavy atom. The number of aromatic amines is 1. The number of rotatable bonds is 8. The molecular formula is C37H30F2N6O5S. The van der Waals surface area contributed by atoms with Gasteiger partial charge in [0.15, 0.2) is 11.6 Å². The Kier molecular flexibility index (Phi) is 7.65. The number of aromatic nitrogens is 4. The van der Waals surface area contributed by atoms with Crippen LogP contribution in [0.5, 0.6) is 5.75 Å². The first kappa shape index (κ1) is 31.5. The zero-order chi connectivity index (χ0) is 34.8. The number of nitrogens with zero attached hydrogens (tertiary/aromatic N) is 4. The molecule has 0 bridgehead atoms. The van der Waals surface area contributed by atoms with E-state index in [0.29, 0.717) is 72.9 Å². The van der Waals surface area contributed by atoms with Crippen LogP contribution in [-0.4, -0.2) is 57.8 Å². The number of hydrogen-bond donors (Lipinski definition) is 2. The molecular weight excluding hydrogens is 679 g/mol. The Morgan fingerprint density at radius 2 is 1.94 bits per heavy atom. The normalized spacial score (nSPS) is 17.9. The standard InChI is InChI=1S/C37H30F2N6O5S/c1-48-32-22-8-11-24(21(22)7-9-23(32)39)42-34-33-19(12-13-40-34)16-27(51-33)29-28(35-43-44-37(47)50-35)25(10-4-18-2-5-20(38)6-3-18)41-31-26-17-49-15-14-45(26)36(46)30(29)31/h2-3,5-7,9,12-13,16,24,26H,4,8,10-11,14-15,17H2,1H3,(H,40,42)(H,44,47)/t24-,26+/m1/s1. The minimum absolute atomic E-state index is 0.0194. The molecule has 258 valence electrons. The van der Waals surface area contributed by atoms with E-state index in [1.54, 1.807) is 29.3 Å². The van der Waals surface area contributed by atoms with Crippen molar-refractivity contribution in [2.24, 2.45) is 0 Å². The van der Waals surface area contributed by atoms with Gasteiger partial charge in [0, 0.05) is 28.7 Å². The van der Waals surface area contributed by atoms with E-state index in [1.807, 2.05) is 12.1 Å². The summed E-state index contributed by atoms with van der Waals surface area (Å²) in [5, 5.41) is 11.1. The predicted octanol–water partition coefficient (Wildman–Crippen LogP) is 6.40. The monoisotopic (exact) mass is 708 g/mol. The van der Waals surface area contributed by atoms with Gasteiger partial charge < -0.3 is 24.1 Å². The fourth-order valence-corrected chi connectivity index (χ4v) is 8.77. The van der Waals surface area contributed by atoms with E-state index in [2.05, 4.69) is 15.5 Å². The molecule has 0 unspecified atom stereocenters. The highest BCUT2D eigenvalue weighted by Crippen LogP contribution is 2.49. The number of ether oxygens (including phenoxy) is 2. The number of morpholine rings is 1. The first-order valence-corrected chi connectivity index (χ1v) is 17.5. The summed E-state index contributed by atoms with van der Waals surface area (Å²) in [6, 6.07) is 12.9. The van der Waals surface area contributed by atoms with Crippen LogP contribution in [0.2, 0.25) is 0 Å². The van der Waals surface area contributed by atoms with E-state index >= 15 is 0 Å². The quantitative estimate of drug-likeness (QED) is 0.184. The minimum Gasteiger partial charge on any atom is -0.493 e. The second-order valence-electron chi connectivity index (χ2n) is 12.8. The smallest absolute Gasteiger partial charge is 0.434 e. The number of thiophene rings is 1. The van der Waals surface area contributed by atoms with Crippen molar-refractivity contribution in [3.8, 4) is 27.6 Å². The number of nitrogens with one attached hydrogen (secondary N) is 2. The average Bonchev–Trinajstić information content (AvgIpc) is 3.93. The lowest BCUT2D eigenvalue weighted by Gasteiger charge is -2.29. The average molecular weight is 709 g/mol. The zero-order valence-electron chi connectivity index (χ0n) is 27.3. The van der Waals surface area contributed by atoms with Crippen LogP contribution in [0.15, 0.2) is 63.9 Å². The van der Waals surface area contributed by atoms with Gasteiger partial charge >= 0.3 is 5.76 Å². The number of methoxy groups -OCH3 is 1. The topological polar surface area (TPSA) is 135 Å². The van der Waals surface area contributed by atoms with Gasteiger partial charge in [0.1, 0.15) is 11.6 Å². The lowest BCUT2D eigenvalue weighted by atomic mass is 9.93. The van der Waals surface area contributed by atoms with Gasteiger partial charge in [-0.25, -0.2) is 23.7 Å². The molecule has 1 fully saturated rings. The predicted molar refractivity (Wildman–Crippen MR) is 185 cm³/mol. The third-order valence-corrected chi connectivity index (χ3v) is 11.1. The molecule has 2 aliphatic heterocycles. The number of halogens is 2. The number of amides is 1. The molecule has 6 aromatic rings. The summed E-state index contributed by atoms with van der Waals surface area (Å²) < 4.78 is 45.8. The van der Waals surface area contributed by atoms with E-state index in [9.17, 15) is 18.4 Å². The van der Waals surface area contributed by atoms with Gasteiger partial charge in [0.25, 0.3) is 11.8 Å². The molecule has 6 heterocycles. The van der Waals surface area contributed by atoms with Gasteiger partial charge in [0.05, 0.1) is 59.6 Å². The Bertz CT molecular complexity index is 2410. The SMILES string of the molecule is COc1c(F)ccc2c1CC[C@H]2Nc1nccc2cc(-c3c4c(nc(CCc5ccc(F)cc5)c3-c3n[nH]c(=O)o3)[C@@H]3COCCN3C4=O)sc12. The van der Waals surface area contributed by atoms with E-state index < -0.39 is 5.76 Å². The van der Waals surface area contributed by atoms with Crippen LogP contribution in [0.25, 0.3) is 32.0 Å². The minimum atomic E-state index is -0.738. The Balaban J connectivity index is 1.20. The third kappa shape index (κ3) is 5.28. The molecule has 0 radical (unpaired) electrons. The third-order valence-electron chi connectivity index (χ3n) is 9.94. The summed E-state index contributed by atoms with van der Waals surface area (Å²) >= 11 is 1.45. The molecule has 2 N–H and O–H groups in total. The number of aryl methyl sites for hydroxylation is 2. The highest BCUT2D eigenvalue weighted by molar-refractivity contribution is 7.23. The van der Waals surface area contributed by atoms with Crippen LogP contribution < -0.4 is 15.8 Å². The Labute approximate surface area is 293 Å². The van der Waals surface area contributed by atoms with Crippen LogP contribution >= 0.6 is 11.3 Å². The highest BCUT2D eigenvalue weighted by atomic mass is 32.1. The maximum atomic E-state index is 14.5. The number of carbonyl (C=O) groups excluding carboxylic acids is 1. The molecule has 2 atom stereocenters. The lowest BCUT2D eigenvalue weighted by molar-refractivity contribution is 0.00352.